The monoisotopic (exact) mass is 209 g/mol. The molecular weight excluding hydrogens is 190 g/mol. The molecule has 3 heteroatoms. The molecule has 1 N–H and O–H groups in total. The van der Waals surface area contributed by atoms with E-state index < -0.39 is 0 Å². The Morgan fingerprint density at radius 3 is 3.07 bits per heavy atom. The zero-order valence-electron chi connectivity index (χ0n) is 9.45. The van der Waals surface area contributed by atoms with Crippen LogP contribution in [0.15, 0.2) is 28.6 Å². The van der Waals surface area contributed by atoms with Crippen LogP contribution in [0.25, 0.3) is 6.08 Å². The van der Waals surface area contributed by atoms with Crippen molar-refractivity contribution >= 4 is 6.08 Å². The molecule has 0 saturated heterocycles. The molecule has 0 atom stereocenters. The smallest absolute Gasteiger partial charge is 0.0974 e. The fraction of sp³-hybridized carbons (Fsp3) is 0.500. The molecule has 0 saturated carbocycles. The van der Waals surface area contributed by atoms with E-state index in [0.717, 1.165) is 31.7 Å². The van der Waals surface area contributed by atoms with Gasteiger partial charge in [-0.2, -0.15) is 0 Å². The summed E-state index contributed by atoms with van der Waals surface area (Å²) in [4.78, 5) is 0. The van der Waals surface area contributed by atoms with Crippen LogP contribution < -0.4 is 5.32 Å². The average Bonchev–Trinajstić information content (AvgIpc) is 2.75. The standard InChI is InChI=1S/C12H19NO2/c1-3-11(9-13-5-7-14-2)8-12-4-6-15-10-12/h4,6,8,10,13H,3,5,7,9H2,1-2H3. The van der Waals surface area contributed by atoms with Gasteiger partial charge in [0.1, 0.15) is 0 Å². The first-order chi connectivity index (χ1) is 7.36. The van der Waals surface area contributed by atoms with Crippen LogP contribution in [0.2, 0.25) is 0 Å². The summed E-state index contributed by atoms with van der Waals surface area (Å²) < 4.78 is 9.98. The summed E-state index contributed by atoms with van der Waals surface area (Å²) in [5.74, 6) is 0. The third kappa shape index (κ3) is 4.81. The van der Waals surface area contributed by atoms with Gasteiger partial charge in [0.15, 0.2) is 0 Å². The van der Waals surface area contributed by atoms with Crippen molar-refractivity contribution in [2.24, 2.45) is 0 Å². The van der Waals surface area contributed by atoms with Crippen molar-refractivity contribution in [1.29, 1.82) is 0 Å². The molecule has 0 fully saturated rings. The minimum absolute atomic E-state index is 0.753. The van der Waals surface area contributed by atoms with Gasteiger partial charge in [-0.25, -0.2) is 0 Å². The Balaban J connectivity index is 2.35. The van der Waals surface area contributed by atoms with Gasteiger partial charge >= 0.3 is 0 Å². The van der Waals surface area contributed by atoms with E-state index >= 15 is 0 Å². The van der Waals surface area contributed by atoms with Crippen molar-refractivity contribution in [3.63, 3.8) is 0 Å². The van der Waals surface area contributed by atoms with Crippen molar-refractivity contribution in [2.45, 2.75) is 13.3 Å². The molecule has 0 amide bonds. The summed E-state index contributed by atoms with van der Waals surface area (Å²) in [5, 5.41) is 3.33. The van der Waals surface area contributed by atoms with Crippen molar-refractivity contribution in [3.05, 3.63) is 29.7 Å². The molecule has 0 aliphatic heterocycles. The number of hydrogen-bond donors (Lipinski definition) is 1. The molecule has 0 aliphatic rings. The van der Waals surface area contributed by atoms with Gasteiger partial charge in [0.25, 0.3) is 0 Å². The average molecular weight is 209 g/mol. The van der Waals surface area contributed by atoms with E-state index in [1.54, 1.807) is 19.6 Å². The Hall–Kier alpha value is -1.06. The summed E-state index contributed by atoms with van der Waals surface area (Å²) in [6.07, 6.45) is 6.65. The molecule has 15 heavy (non-hydrogen) atoms. The molecule has 0 bridgehead atoms. The molecule has 3 nitrogen and oxygen atoms in total. The molecule has 0 aliphatic carbocycles. The maximum atomic E-state index is 5.02. The van der Waals surface area contributed by atoms with Crippen LogP contribution in [0.1, 0.15) is 18.9 Å². The summed E-state index contributed by atoms with van der Waals surface area (Å²) in [6.45, 7) is 4.71. The highest BCUT2D eigenvalue weighted by Gasteiger charge is 1.96. The molecule has 0 radical (unpaired) electrons. The van der Waals surface area contributed by atoms with Gasteiger partial charge in [-0.1, -0.05) is 18.6 Å². The lowest BCUT2D eigenvalue weighted by atomic mass is 10.1. The van der Waals surface area contributed by atoms with E-state index in [4.69, 9.17) is 9.15 Å². The predicted molar refractivity (Wildman–Crippen MR) is 61.7 cm³/mol. The maximum Gasteiger partial charge on any atom is 0.0974 e. The molecular formula is C12H19NO2. The summed E-state index contributed by atoms with van der Waals surface area (Å²) in [6, 6.07) is 1.96. The molecule has 1 rings (SSSR count). The number of furan rings is 1. The number of methoxy groups -OCH3 is 1. The van der Waals surface area contributed by atoms with E-state index in [9.17, 15) is 0 Å². The van der Waals surface area contributed by atoms with Gasteiger partial charge in [-0.3, -0.25) is 0 Å². The lowest BCUT2D eigenvalue weighted by Gasteiger charge is -2.06. The Morgan fingerprint density at radius 2 is 2.47 bits per heavy atom. The van der Waals surface area contributed by atoms with E-state index in [2.05, 4.69) is 18.3 Å². The third-order valence-electron chi connectivity index (χ3n) is 2.20. The fourth-order valence-corrected chi connectivity index (χ4v) is 1.29. The second kappa shape index (κ2) is 7.26. The quantitative estimate of drug-likeness (QED) is 0.700. The van der Waals surface area contributed by atoms with Crippen molar-refractivity contribution in [2.75, 3.05) is 26.8 Å². The Bertz CT molecular complexity index is 278. The van der Waals surface area contributed by atoms with Gasteiger partial charge in [0, 0.05) is 25.8 Å². The van der Waals surface area contributed by atoms with E-state index in [0.29, 0.717) is 0 Å². The second-order valence-electron chi connectivity index (χ2n) is 3.38. The van der Waals surface area contributed by atoms with Crippen LogP contribution in [0.5, 0.6) is 0 Å². The molecule has 0 aromatic carbocycles. The summed E-state index contributed by atoms with van der Waals surface area (Å²) >= 11 is 0. The topological polar surface area (TPSA) is 34.4 Å². The maximum absolute atomic E-state index is 5.02. The van der Waals surface area contributed by atoms with Gasteiger partial charge in [-0.05, 0) is 12.5 Å². The van der Waals surface area contributed by atoms with Crippen molar-refractivity contribution in [3.8, 4) is 0 Å². The van der Waals surface area contributed by atoms with Crippen LogP contribution in [-0.2, 0) is 4.74 Å². The van der Waals surface area contributed by atoms with Crippen molar-refractivity contribution in [1.82, 2.24) is 5.32 Å². The van der Waals surface area contributed by atoms with E-state index in [-0.39, 0.29) is 0 Å². The van der Waals surface area contributed by atoms with E-state index in [1.807, 2.05) is 6.07 Å². The molecule has 0 spiro atoms. The highest BCUT2D eigenvalue weighted by atomic mass is 16.5. The highest BCUT2D eigenvalue weighted by Crippen LogP contribution is 2.09. The van der Waals surface area contributed by atoms with Crippen molar-refractivity contribution < 1.29 is 9.15 Å². The normalized spacial score (nSPS) is 12.0. The lowest BCUT2D eigenvalue weighted by Crippen LogP contribution is -2.21. The van der Waals surface area contributed by atoms with Gasteiger partial charge < -0.3 is 14.5 Å². The number of ether oxygens (including phenoxy) is 1. The van der Waals surface area contributed by atoms with Gasteiger partial charge in [-0.15, -0.1) is 0 Å². The fourth-order valence-electron chi connectivity index (χ4n) is 1.29. The number of rotatable bonds is 7. The first-order valence-corrected chi connectivity index (χ1v) is 5.28. The molecule has 84 valence electrons. The van der Waals surface area contributed by atoms with Crippen LogP contribution in [0, 0.1) is 0 Å². The Labute approximate surface area is 91.1 Å². The third-order valence-corrected chi connectivity index (χ3v) is 2.20. The number of hydrogen-bond acceptors (Lipinski definition) is 3. The lowest BCUT2D eigenvalue weighted by molar-refractivity contribution is 0.200. The van der Waals surface area contributed by atoms with Gasteiger partial charge in [0.05, 0.1) is 19.1 Å². The molecule has 0 unspecified atom stereocenters. The predicted octanol–water partition coefficient (Wildman–Crippen LogP) is 2.31. The van der Waals surface area contributed by atoms with Crippen LogP contribution >= 0.6 is 0 Å². The minimum atomic E-state index is 0.753. The molecule has 1 heterocycles. The SMILES string of the molecule is CCC(=Cc1ccoc1)CNCCOC. The van der Waals surface area contributed by atoms with Crippen LogP contribution in [0.3, 0.4) is 0 Å². The molecule has 1 aromatic heterocycles. The Morgan fingerprint density at radius 1 is 1.60 bits per heavy atom. The first-order valence-electron chi connectivity index (χ1n) is 5.28. The zero-order chi connectivity index (χ0) is 10.9. The minimum Gasteiger partial charge on any atom is -0.472 e. The van der Waals surface area contributed by atoms with Crippen LogP contribution in [-0.4, -0.2) is 26.8 Å². The zero-order valence-corrected chi connectivity index (χ0v) is 9.45. The van der Waals surface area contributed by atoms with Gasteiger partial charge in [0.2, 0.25) is 0 Å². The van der Waals surface area contributed by atoms with Crippen LogP contribution in [0.4, 0.5) is 0 Å². The molecule has 1 aromatic rings. The first kappa shape index (κ1) is 12.0. The van der Waals surface area contributed by atoms with E-state index in [1.165, 1.54) is 5.57 Å². The largest absolute Gasteiger partial charge is 0.472 e. The number of nitrogens with one attached hydrogen (secondary N) is 1. The summed E-state index contributed by atoms with van der Waals surface area (Å²) in [7, 11) is 1.71. The highest BCUT2D eigenvalue weighted by molar-refractivity contribution is 5.51. The Kier molecular flexibility index (Phi) is 5.81. The summed E-state index contributed by atoms with van der Waals surface area (Å²) in [5.41, 5.74) is 2.49. The second-order valence-corrected chi connectivity index (χ2v) is 3.38.